The summed E-state index contributed by atoms with van der Waals surface area (Å²) in [5, 5.41) is 9.35. The lowest BCUT2D eigenvalue weighted by Gasteiger charge is -2.31. The van der Waals surface area contributed by atoms with Crippen molar-refractivity contribution in [1.29, 1.82) is 0 Å². The predicted octanol–water partition coefficient (Wildman–Crippen LogP) is 3.93. The highest BCUT2D eigenvalue weighted by Crippen LogP contribution is 2.32. The number of ether oxygens (including phenoxy) is 1. The molecule has 9 heteroatoms. The maximum absolute atomic E-state index is 12.8. The van der Waals surface area contributed by atoms with Crippen molar-refractivity contribution in [2.75, 3.05) is 25.0 Å². The summed E-state index contributed by atoms with van der Waals surface area (Å²) in [6.07, 6.45) is 1.50. The van der Waals surface area contributed by atoms with Crippen LogP contribution in [0, 0.1) is 12.8 Å². The number of nitrogens with zero attached hydrogens (tertiary/aromatic N) is 3. The van der Waals surface area contributed by atoms with E-state index in [1.54, 1.807) is 13.0 Å². The molecular formula is C23H26N4O4S. The second kappa shape index (κ2) is 9.95. The number of amides is 2. The van der Waals surface area contributed by atoms with Gasteiger partial charge in [-0.05, 0) is 38.8 Å². The Kier molecular flexibility index (Phi) is 6.84. The third kappa shape index (κ3) is 5.16. The van der Waals surface area contributed by atoms with Crippen LogP contribution in [0.1, 0.15) is 31.2 Å². The number of thiazole rings is 1. The molecule has 1 aliphatic rings. The zero-order valence-corrected chi connectivity index (χ0v) is 19.0. The third-order valence-electron chi connectivity index (χ3n) is 5.40. The van der Waals surface area contributed by atoms with Crippen molar-refractivity contribution in [3.63, 3.8) is 0 Å². The van der Waals surface area contributed by atoms with E-state index in [-0.39, 0.29) is 24.2 Å². The molecule has 0 aliphatic carbocycles. The highest BCUT2D eigenvalue weighted by Gasteiger charge is 2.28. The van der Waals surface area contributed by atoms with Gasteiger partial charge in [0.05, 0.1) is 24.3 Å². The number of aromatic nitrogens is 2. The van der Waals surface area contributed by atoms with Gasteiger partial charge >= 0.3 is 0 Å². The normalized spacial score (nSPS) is 14.4. The highest BCUT2D eigenvalue weighted by molar-refractivity contribution is 7.13. The molecule has 2 amide bonds. The second-order valence-corrected chi connectivity index (χ2v) is 8.58. The molecule has 4 rings (SSSR count). The minimum Gasteiger partial charge on any atom is -0.493 e. The highest BCUT2D eigenvalue weighted by atomic mass is 32.1. The molecule has 3 aromatic rings. The standard InChI is InChI=1S/C23H26N4O4S/c1-3-30-19-7-5-4-6-18(19)23-24-17(14-32-23)13-21(28)27-10-8-16(9-11-27)22(29)25-20-12-15(2)31-26-20/h4-7,12,14,16H,3,8-11,13H2,1-2H3,(H,25,26,29). The molecule has 0 atom stereocenters. The zero-order chi connectivity index (χ0) is 22.5. The summed E-state index contributed by atoms with van der Waals surface area (Å²) in [6, 6.07) is 9.48. The van der Waals surface area contributed by atoms with E-state index in [4.69, 9.17) is 9.26 Å². The molecule has 1 aromatic carbocycles. The number of hydrogen-bond acceptors (Lipinski definition) is 7. The maximum Gasteiger partial charge on any atom is 0.228 e. The number of anilines is 1. The van der Waals surface area contributed by atoms with Crippen molar-refractivity contribution in [2.45, 2.75) is 33.1 Å². The number of aryl methyl sites for hydroxylation is 1. The summed E-state index contributed by atoms with van der Waals surface area (Å²) in [5.74, 6) is 1.68. The van der Waals surface area contributed by atoms with Gasteiger partial charge in [0.25, 0.3) is 0 Å². The number of likely N-dealkylation sites (tertiary alicyclic amines) is 1. The molecule has 3 heterocycles. The number of hydrogen-bond donors (Lipinski definition) is 1. The zero-order valence-electron chi connectivity index (χ0n) is 18.2. The van der Waals surface area contributed by atoms with E-state index in [1.807, 2.05) is 41.5 Å². The molecule has 32 heavy (non-hydrogen) atoms. The van der Waals surface area contributed by atoms with Crippen molar-refractivity contribution < 1.29 is 18.8 Å². The number of para-hydroxylation sites is 1. The average molecular weight is 455 g/mol. The fourth-order valence-corrected chi connectivity index (χ4v) is 4.60. The van der Waals surface area contributed by atoms with Gasteiger partial charge in [-0.2, -0.15) is 0 Å². The van der Waals surface area contributed by atoms with Crippen molar-refractivity contribution in [3.05, 3.63) is 47.2 Å². The Balaban J connectivity index is 1.31. The van der Waals surface area contributed by atoms with Crippen LogP contribution in [0.25, 0.3) is 10.6 Å². The first-order valence-electron chi connectivity index (χ1n) is 10.7. The van der Waals surface area contributed by atoms with Gasteiger partial charge < -0.3 is 19.5 Å². The lowest BCUT2D eigenvalue weighted by Crippen LogP contribution is -2.42. The molecule has 1 aliphatic heterocycles. The summed E-state index contributed by atoms with van der Waals surface area (Å²) in [5.41, 5.74) is 1.69. The van der Waals surface area contributed by atoms with Crippen LogP contribution in [0.3, 0.4) is 0 Å². The molecule has 0 unspecified atom stereocenters. The first kappa shape index (κ1) is 22.0. The minimum absolute atomic E-state index is 0.0333. The fourth-order valence-electron chi connectivity index (χ4n) is 3.75. The Bertz CT molecular complexity index is 1090. The van der Waals surface area contributed by atoms with Crippen molar-refractivity contribution >= 4 is 29.0 Å². The Morgan fingerprint density at radius 1 is 1.28 bits per heavy atom. The van der Waals surface area contributed by atoms with Crippen LogP contribution in [0.4, 0.5) is 5.82 Å². The third-order valence-corrected chi connectivity index (χ3v) is 6.32. The molecule has 0 radical (unpaired) electrons. The van der Waals surface area contributed by atoms with Crippen LogP contribution in [0.5, 0.6) is 5.75 Å². The van der Waals surface area contributed by atoms with E-state index in [0.717, 1.165) is 22.0 Å². The van der Waals surface area contributed by atoms with Gasteiger partial charge in [-0.3, -0.25) is 9.59 Å². The van der Waals surface area contributed by atoms with Crippen LogP contribution in [-0.2, 0) is 16.0 Å². The smallest absolute Gasteiger partial charge is 0.228 e. The quantitative estimate of drug-likeness (QED) is 0.581. The van der Waals surface area contributed by atoms with Gasteiger partial charge in [-0.15, -0.1) is 11.3 Å². The molecule has 168 valence electrons. The monoisotopic (exact) mass is 454 g/mol. The summed E-state index contributed by atoms with van der Waals surface area (Å²) in [7, 11) is 0. The average Bonchev–Trinajstić information content (AvgIpc) is 3.43. The van der Waals surface area contributed by atoms with Gasteiger partial charge in [0, 0.05) is 30.5 Å². The van der Waals surface area contributed by atoms with Crippen LogP contribution in [-0.4, -0.2) is 46.6 Å². The first-order valence-corrected chi connectivity index (χ1v) is 11.6. The lowest BCUT2D eigenvalue weighted by molar-refractivity contribution is -0.133. The Morgan fingerprint density at radius 3 is 2.78 bits per heavy atom. The van der Waals surface area contributed by atoms with Gasteiger partial charge in [0.2, 0.25) is 11.8 Å². The van der Waals surface area contributed by atoms with Crippen LogP contribution < -0.4 is 10.1 Å². The molecule has 1 saturated heterocycles. The summed E-state index contributed by atoms with van der Waals surface area (Å²) in [4.78, 5) is 31.7. The number of rotatable bonds is 7. The van der Waals surface area contributed by atoms with E-state index in [9.17, 15) is 9.59 Å². The number of nitrogens with one attached hydrogen (secondary N) is 1. The Morgan fingerprint density at radius 2 is 2.06 bits per heavy atom. The summed E-state index contributed by atoms with van der Waals surface area (Å²) in [6.45, 7) is 5.42. The molecule has 2 aromatic heterocycles. The number of benzene rings is 1. The van der Waals surface area contributed by atoms with Crippen LogP contribution >= 0.6 is 11.3 Å². The SMILES string of the molecule is CCOc1ccccc1-c1nc(CC(=O)N2CCC(C(=O)Nc3cc(C)on3)CC2)cs1. The maximum atomic E-state index is 12.8. The van der Waals surface area contributed by atoms with Gasteiger partial charge in [-0.1, -0.05) is 17.3 Å². The number of piperidine rings is 1. The molecular weight excluding hydrogens is 428 g/mol. The van der Waals surface area contributed by atoms with E-state index in [0.29, 0.717) is 44.1 Å². The minimum atomic E-state index is -0.142. The van der Waals surface area contributed by atoms with Gasteiger partial charge in [-0.25, -0.2) is 4.98 Å². The molecule has 8 nitrogen and oxygen atoms in total. The molecule has 0 saturated carbocycles. The molecule has 1 fully saturated rings. The van der Waals surface area contributed by atoms with Crippen molar-refractivity contribution in [1.82, 2.24) is 15.0 Å². The number of carbonyl (C=O) groups is 2. The van der Waals surface area contributed by atoms with Crippen molar-refractivity contribution in [3.8, 4) is 16.3 Å². The Hall–Kier alpha value is -3.20. The predicted molar refractivity (Wildman–Crippen MR) is 122 cm³/mol. The van der Waals surface area contributed by atoms with E-state index in [1.165, 1.54) is 11.3 Å². The van der Waals surface area contributed by atoms with E-state index >= 15 is 0 Å². The second-order valence-electron chi connectivity index (χ2n) is 7.72. The lowest BCUT2D eigenvalue weighted by atomic mass is 9.95. The molecule has 0 spiro atoms. The summed E-state index contributed by atoms with van der Waals surface area (Å²) >= 11 is 1.51. The largest absolute Gasteiger partial charge is 0.493 e. The van der Waals surface area contributed by atoms with Crippen LogP contribution in [0.2, 0.25) is 0 Å². The van der Waals surface area contributed by atoms with Crippen LogP contribution in [0.15, 0.2) is 40.2 Å². The Labute approximate surface area is 190 Å². The molecule has 0 bridgehead atoms. The summed E-state index contributed by atoms with van der Waals surface area (Å²) < 4.78 is 10.7. The molecule has 1 N–H and O–H groups in total. The van der Waals surface area contributed by atoms with E-state index < -0.39 is 0 Å². The van der Waals surface area contributed by atoms with Crippen molar-refractivity contribution in [2.24, 2.45) is 5.92 Å². The fraction of sp³-hybridized carbons (Fsp3) is 0.391. The first-order chi connectivity index (χ1) is 15.5. The van der Waals surface area contributed by atoms with Gasteiger partial charge in [0.1, 0.15) is 16.5 Å². The van der Waals surface area contributed by atoms with Gasteiger partial charge in [0.15, 0.2) is 5.82 Å². The number of carbonyl (C=O) groups excluding carboxylic acids is 2. The topological polar surface area (TPSA) is 97.6 Å². The van der Waals surface area contributed by atoms with E-state index in [2.05, 4.69) is 15.5 Å².